The monoisotopic (exact) mass is 396 g/mol. The fourth-order valence-electron chi connectivity index (χ4n) is 3.08. The van der Waals surface area contributed by atoms with E-state index in [1.165, 1.54) is 43.1 Å². The fourth-order valence-corrected chi connectivity index (χ4v) is 4.29. The average molecular weight is 396 g/mol. The number of Topliss-reactive ketones (excluding diaryl/α,β-unsaturated/α-hetero) is 1. The number of carboxylic acids is 1. The zero-order valence-electron chi connectivity index (χ0n) is 15.4. The fraction of sp³-hybridized carbons (Fsp3) is 0.500. The summed E-state index contributed by atoms with van der Waals surface area (Å²) < 4.78 is 26.3. The Hall–Kier alpha value is -2.26. The number of amides is 1. The van der Waals surface area contributed by atoms with Gasteiger partial charge < -0.3 is 10.0 Å². The van der Waals surface area contributed by atoms with Gasteiger partial charge in [-0.15, -0.1) is 0 Å². The number of carbonyl (C=O) groups excluding carboxylic acids is 2. The van der Waals surface area contributed by atoms with Crippen molar-refractivity contribution in [1.29, 1.82) is 0 Å². The number of ketones is 1. The van der Waals surface area contributed by atoms with Crippen molar-refractivity contribution in [2.45, 2.75) is 43.5 Å². The number of hydrogen-bond donors (Lipinski definition) is 1. The molecule has 0 aromatic heterocycles. The SMILES string of the molecule is CC(=O)c1ccc(S(=O)(=O)N(C)CCCC(=O)N2CCC[C@@H]2C(=O)O)cc1. The standard InChI is InChI=1S/C18H24N2O6S/c1-13(21)14-7-9-15(10-8-14)27(25,26)19(2)11-4-6-17(22)20-12-3-5-16(20)18(23)24/h7-10,16H,3-6,11-12H2,1-2H3,(H,23,24)/t16-/m1/s1. The van der Waals surface area contributed by atoms with Crippen LogP contribution in [0.15, 0.2) is 29.2 Å². The molecule has 1 N–H and O–H groups in total. The van der Waals surface area contributed by atoms with Crippen LogP contribution in [0.25, 0.3) is 0 Å². The van der Waals surface area contributed by atoms with Gasteiger partial charge in [-0.1, -0.05) is 12.1 Å². The van der Waals surface area contributed by atoms with Crippen molar-refractivity contribution in [2.75, 3.05) is 20.1 Å². The summed E-state index contributed by atoms with van der Waals surface area (Å²) in [5, 5.41) is 9.13. The summed E-state index contributed by atoms with van der Waals surface area (Å²) in [6.07, 6.45) is 1.49. The molecule has 2 rings (SSSR count). The van der Waals surface area contributed by atoms with Crippen molar-refractivity contribution in [3.8, 4) is 0 Å². The van der Waals surface area contributed by atoms with Gasteiger partial charge in [-0.3, -0.25) is 9.59 Å². The van der Waals surface area contributed by atoms with Crippen LogP contribution in [0.4, 0.5) is 0 Å². The molecule has 1 aromatic carbocycles. The molecule has 8 nitrogen and oxygen atoms in total. The number of sulfonamides is 1. The van der Waals surface area contributed by atoms with E-state index in [1.807, 2.05) is 0 Å². The average Bonchev–Trinajstić information content (AvgIpc) is 3.11. The van der Waals surface area contributed by atoms with Crippen LogP contribution in [0.3, 0.4) is 0 Å². The summed E-state index contributed by atoms with van der Waals surface area (Å²) in [5.41, 5.74) is 0.431. The Labute approximate surface area is 158 Å². The van der Waals surface area contributed by atoms with Gasteiger partial charge in [-0.05, 0) is 38.3 Å². The number of benzene rings is 1. The highest BCUT2D eigenvalue weighted by Crippen LogP contribution is 2.20. The van der Waals surface area contributed by atoms with Gasteiger partial charge in [0.05, 0.1) is 4.90 Å². The van der Waals surface area contributed by atoms with E-state index in [-0.39, 0.29) is 29.6 Å². The van der Waals surface area contributed by atoms with Crippen molar-refractivity contribution in [1.82, 2.24) is 9.21 Å². The molecule has 0 aliphatic carbocycles. The van der Waals surface area contributed by atoms with Gasteiger partial charge >= 0.3 is 5.97 Å². The van der Waals surface area contributed by atoms with E-state index < -0.39 is 22.0 Å². The second kappa shape index (κ2) is 8.62. The first-order chi connectivity index (χ1) is 12.6. The van der Waals surface area contributed by atoms with E-state index in [2.05, 4.69) is 0 Å². The minimum Gasteiger partial charge on any atom is -0.480 e. The second-order valence-corrected chi connectivity index (χ2v) is 8.64. The van der Waals surface area contributed by atoms with Crippen LogP contribution in [0.2, 0.25) is 0 Å². The van der Waals surface area contributed by atoms with Crippen LogP contribution >= 0.6 is 0 Å². The molecule has 1 aliphatic rings. The van der Waals surface area contributed by atoms with Crippen LogP contribution in [0, 0.1) is 0 Å². The lowest BCUT2D eigenvalue weighted by Gasteiger charge is -2.22. The normalized spacial score (nSPS) is 17.3. The Balaban J connectivity index is 1.92. The lowest BCUT2D eigenvalue weighted by Crippen LogP contribution is -2.40. The lowest BCUT2D eigenvalue weighted by atomic mass is 10.2. The maximum absolute atomic E-state index is 12.6. The molecule has 27 heavy (non-hydrogen) atoms. The van der Waals surface area contributed by atoms with Crippen LogP contribution in [-0.4, -0.2) is 66.6 Å². The summed E-state index contributed by atoms with van der Waals surface area (Å²) >= 11 is 0. The molecule has 1 aliphatic heterocycles. The number of likely N-dealkylation sites (tertiary alicyclic amines) is 1. The van der Waals surface area contributed by atoms with Gasteiger partial charge in [0.2, 0.25) is 15.9 Å². The minimum absolute atomic E-state index is 0.0758. The maximum Gasteiger partial charge on any atom is 0.326 e. The van der Waals surface area contributed by atoms with Crippen molar-refractivity contribution in [3.63, 3.8) is 0 Å². The quantitative estimate of drug-likeness (QED) is 0.664. The third-order valence-corrected chi connectivity index (χ3v) is 6.56. The van der Waals surface area contributed by atoms with Crippen molar-refractivity contribution < 1.29 is 27.9 Å². The third-order valence-electron chi connectivity index (χ3n) is 4.69. The molecule has 1 saturated heterocycles. The van der Waals surface area contributed by atoms with Gasteiger partial charge in [0.25, 0.3) is 0 Å². The Morgan fingerprint density at radius 2 is 1.85 bits per heavy atom. The van der Waals surface area contributed by atoms with Crippen molar-refractivity contribution in [2.24, 2.45) is 0 Å². The molecular weight excluding hydrogens is 372 g/mol. The van der Waals surface area contributed by atoms with Crippen LogP contribution in [-0.2, 0) is 19.6 Å². The zero-order chi connectivity index (χ0) is 20.2. The lowest BCUT2D eigenvalue weighted by molar-refractivity contribution is -0.148. The summed E-state index contributed by atoms with van der Waals surface area (Å²) in [4.78, 5) is 36.1. The van der Waals surface area contributed by atoms with Gasteiger partial charge in [0.15, 0.2) is 5.78 Å². The van der Waals surface area contributed by atoms with E-state index in [1.54, 1.807) is 0 Å². The summed E-state index contributed by atoms with van der Waals surface area (Å²) in [6.45, 7) is 1.96. The molecule has 148 valence electrons. The number of carbonyl (C=O) groups is 3. The Morgan fingerprint density at radius 3 is 2.41 bits per heavy atom. The third kappa shape index (κ3) is 4.92. The van der Waals surface area contributed by atoms with Crippen molar-refractivity contribution >= 4 is 27.7 Å². The number of aliphatic carboxylic acids is 1. The van der Waals surface area contributed by atoms with Gasteiger partial charge in [0.1, 0.15) is 6.04 Å². The van der Waals surface area contributed by atoms with E-state index in [0.29, 0.717) is 31.4 Å². The Morgan fingerprint density at radius 1 is 1.22 bits per heavy atom. The number of rotatable bonds is 8. The highest BCUT2D eigenvalue weighted by molar-refractivity contribution is 7.89. The van der Waals surface area contributed by atoms with Gasteiger partial charge in [0, 0.05) is 32.1 Å². The minimum atomic E-state index is -3.72. The Kier molecular flexibility index (Phi) is 6.72. The molecule has 9 heteroatoms. The van der Waals surface area contributed by atoms with E-state index in [9.17, 15) is 22.8 Å². The molecule has 1 heterocycles. The van der Waals surface area contributed by atoms with Crippen molar-refractivity contribution in [3.05, 3.63) is 29.8 Å². The molecule has 0 spiro atoms. The molecule has 0 unspecified atom stereocenters. The molecule has 1 amide bonds. The molecule has 1 aromatic rings. The maximum atomic E-state index is 12.6. The largest absolute Gasteiger partial charge is 0.480 e. The highest BCUT2D eigenvalue weighted by Gasteiger charge is 2.33. The summed E-state index contributed by atoms with van der Waals surface area (Å²) in [7, 11) is -2.29. The van der Waals surface area contributed by atoms with Gasteiger partial charge in [-0.2, -0.15) is 0 Å². The molecule has 0 bridgehead atoms. The first-order valence-corrected chi connectivity index (χ1v) is 10.2. The molecule has 0 saturated carbocycles. The second-order valence-electron chi connectivity index (χ2n) is 6.59. The number of nitrogens with zero attached hydrogens (tertiary/aromatic N) is 2. The first-order valence-electron chi connectivity index (χ1n) is 8.74. The molecule has 0 radical (unpaired) electrons. The van der Waals surface area contributed by atoms with Crippen LogP contribution < -0.4 is 0 Å². The first kappa shape index (κ1) is 21.0. The van der Waals surface area contributed by atoms with Crippen LogP contribution in [0.5, 0.6) is 0 Å². The van der Waals surface area contributed by atoms with Gasteiger partial charge in [-0.25, -0.2) is 17.5 Å². The smallest absolute Gasteiger partial charge is 0.326 e. The predicted molar refractivity (Wildman–Crippen MR) is 97.9 cm³/mol. The highest BCUT2D eigenvalue weighted by atomic mass is 32.2. The number of hydrogen-bond acceptors (Lipinski definition) is 5. The summed E-state index contributed by atoms with van der Waals surface area (Å²) in [5.74, 6) is -1.42. The predicted octanol–water partition coefficient (Wildman–Crippen LogP) is 1.37. The van der Waals surface area contributed by atoms with Crippen LogP contribution in [0.1, 0.15) is 43.0 Å². The summed E-state index contributed by atoms with van der Waals surface area (Å²) in [6, 6.07) is 4.92. The molecule has 1 atom stereocenters. The zero-order valence-corrected chi connectivity index (χ0v) is 16.2. The number of carboxylic acid groups (broad SMARTS) is 1. The molecular formula is C18H24N2O6S. The van der Waals surface area contributed by atoms with E-state index in [0.717, 1.165) is 4.31 Å². The van der Waals surface area contributed by atoms with E-state index in [4.69, 9.17) is 5.11 Å². The Bertz CT molecular complexity index is 819. The topological polar surface area (TPSA) is 112 Å². The molecule has 1 fully saturated rings. The van der Waals surface area contributed by atoms with E-state index >= 15 is 0 Å².